The van der Waals surface area contributed by atoms with Crippen molar-refractivity contribution < 1.29 is 22.7 Å². The lowest BCUT2D eigenvalue weighted by Crippen LogP contribution is -2.14. The molecule has 0 aliphatic rings. The Bertz CT molecular complexity index is 780. The Kier molecular flexibility index (Phi) is 4.24. The largest absolute Gasteiger partial charge is 0.506 e. The molecule has 2 aromatic rings. The molecule has 2 rings (SSSR count). The molecule has 0 aromatic heterocycles. The quantitative estimate of drug-likeness (QED) is 0.844. The van der Waals surface area contributed by atoms with E-state index in [1.54, 1.807) is 0 Å². The number of sulfonamides is 1. The average Bonchev–Trinajstić information content (AvgIpc) is 2.43. The Hall–Kier alpha value is -1.99. The third kappa shape index (κ3) is 3.20. The van der Waals surface area contributed by atoms with E-state index >= 15 is 0 Å². The van der Waals surface area contributed by atoms with Crippen LogP contribution in [0.1, 0.15) is 0 Å². The van der Waals surface area contributed by atoms with Gasteiger partial charge in [0.05, 0.1) is 12.1 Å². The van der Waals surface area contributed by atoms with Gasteiger partial charge in [-0.05, 0) is 30.3 Å². The second-order valence-corrected chi connectivity index (χ2v) is 6.09. The first kappa shape index (κ1) is 15.4. The van der Waals surface area contributed by atoms with Crippen molar-refractivity contribution in [2.24, 2.45) is 0 Å². The SMILES string of the molecule is COc1cccc(O)c1NS(=O)(=O)c1cc(F)ccc1Cl. The van der Waals surface area contributed by atoms with Crippen LogP contribution >= 0.6 is 11.6 Å². The number of hydrogen-bond donors (Lipinski definition) is 2. The highest BCUT2D eigenvalue weighted by atomic mass is 35.5. The van der Waals surface area contributed by atoms with Gasteiger partial charge in [0, 0.05) is 0 Å². The maximum absolute atomic E-state index is 13.2. The van der Waals surface area contributed by atoms with E-state index in [0.717, 1.165) is 18.2 Å². The van der Waals surface area contributed by atoms with Gasteiger partial charge in [-0.3, -0.25) is 4.72 Å². The van der Waals surface area contributed by atoms with Crippen molar-refractivity contribution in [2.75, 3.05) is 11.8 Å². The minimum absolute atomic E-state index is 0.117. The van der Waals surface area contributed by atoms with Crippen molar-refractivity contribution in [1.29, 1.82) is 0 Å². The highest BCUT2D eigenvalue weighted by molar-refractivity contribution is 7.92. The summed E-state index contributed by atoms with van der Waals surface area (Å²) in [6.45, 7) is 0. The van der Waals surface area contributed by atoms with Gasteiger partial charge in [-0.2, -0.15) is 0 Å². The number of nitrogens with one attached hydrogen (secondary N) is 1. The van der Waals surface area contributed by atoms with E-state index in [2.05, 4.69) is 4.72 Å². The molecule has 0 saturated carbocycles. The van der Waals surface area contributed by atoms with Gasteiger partial charge in [-0.1, -0.05) is 17.7 Å². The zero-order chi connectivity index (χ0) is 15.6. The van der Waals surface area contributed by atoms with E-state index < -0.39 is 20.7 Å². The molecule has 0 aliphatic carbocycles. The van der Waals surface area contributed by atoms with Gasteiger partial charge in [-0.15, -0.1) is 0 Å². The van der Waals surface area contributed by atoms with Gasteiger partial charge in [-0.25, -0.2) is 12.8 Å². The van der Waals surface area contributed by atoms with Crippen molar-refractivity contribution in [3.05, 3.63) is 47.2 Å². The van der Waals surface area contributed by atoms with Crippen LogP contribution in [0.4, 0.5) is 10.1 Å². The second-order valence-electron chi connectivity index (χ2n) is 4.03. The standard InChI is InChI=1S/C13H11ClFNO4S/c1-20-11-4-2-3-10(17)13(11)16-21(18,19)12-7-8(15)5-6-9(12)14/h2-7,16-17H,1H3. The number of rotatable bonds is 4. The van der Waals surface area contributed by atoms with Crippen LogP contribution in [0.2, 0.25) is 5.02 Å². The summed E-state index contributed by atoms with van der Waals surface area (Å²) in [6.07, 6.45) is 0. The summed E-state index contributed by atoms with van der Waals surface area (Å²) in [6, 6.07) is 7.20. The van der Waals surface area contributed by atoms with Crippen molar-refractivity contribution in [1.82, 2.24) is 0 Å². The zero-order valence-electron chi connectivity index (χ0n) is 10.8. The molecule has 112 valence electrons. The molecule has 0 aliphatic heterocycles. The fraction of sp³-hybridized carbons (Fsp3) is 0.0769. The number of halogens is 2. The molecule has 0 radical (unpaired) electrons. The molecule has 0 heterocycles. The first-order valence-corrected chi connectivity index (χ1v) is 7.55. The predicted octanol–water partition coefficient (Wildman–Crippen LogP) is 2.99. The molecule has 0 spiro atoms. The molecule has 0 unspecified atom stereocenters. The summed E-state index contributed by atoms with van der Waals surface area (Å²) in [4.78, 5) is -0.436. The lowest BCUT2D eigenvalue weighted by Gasteiger charge is -2.13. The second kappa shape index (κ2) is 5.79. The van der Waals surface area contributed by atoms with Gasteiger partial charge in [0.25, 0.3) is 10.0 Å². The molecular formula is C13H11ClFNO4S. The Morgan fingerprint density at radius 3 is 2.67 bits per heavy atom. The van der Waals surface area contributed by atoms with Crippen LogP contribution in [0.25, 0.3) is 0 Å². The third-order valence-corrected chi connectivity index (χ3v) is 4.47. The fourth-order valence-electron chi connectivity index (χ4n) is 1.66. The number of para-hydroxylation sites is 1. The van der Waals surface area contributed by atoms with Crippen molar-refractivity contribution in [2.45, 2.75) is 4.90 Å². The monoisotopic (exact) mass is 331 g/mol. The Morgan fingerprint density at radius 1 is 1.29 bits per heavy atom. The fourth-order valence-corrected chi connectivity index (χ4v) is 3.26. The van der Waals surface area contributed by atoms with Gasteiger partial charge in [0.15, 0.2) is 0 Å². The molecule has 0 saturated heterocycles. The van der Waals surface area contributed by atoms with Crippen molar-refractivity contribution in [3.63, 3.8) is 0 Å². The van der Waals surface area contributed by atoms with Crippen LogP contribution in [0, 0.1) is 5.82 Å². The van der Waals surface area contributed by atoms with Crippen molar-refractivity contribution >= 4 is 27.3 Å². The van der Waals surface area contributed by atoms with Gasteiger partial charge >= 0.3 is 0 Å². The Labute approximate surface area is 126 Å². The number of anilines is 1. The smallest absolute Gasteiger partial charge is 0.263 e. The van der Waals surface area contributed by atoms with Crippen LogP contribution < -0.4 is 9.46 Å². The summed E-state index contributed by atoms with van der Waals surface area (Å²) in [5, 5.41) is 9.60. The first-order valence-electron chi connectivity index (χ1n) is 5.69. The van der Waals surface area contributed by atoms with Crippen LogP contribution in [0.5, 0.6) is 11.5 Å². The topological polar surface area (TPSA) is 75.6 Å². The molecule has 5 nitrogen and oxygen atoms in total. The summed E-state index contributed by atoms with van der Waals surface area (Å²) >= 11 is 5.78. The van der Waals surface area contributed by atoms with Crippen LogP contribution in [-0.4, -0.2) is 20.6 Å². The highest BCUT2D eigenvalue weighted by Gasteiger charge is 2.22. The van der Waals surface area contributed by atoms with E-state index in [1.807, 2.05) is 0 Å². The van der Waals surface area contributed by atoms with E-state index in [1.165, 1.54) is 25.3 Å². The molecule has 0 fully saturated rings. The van der Waals surface area contributed by atoms with E-state index in [4.69, 9.17) is 16.3 Å². The van der Waals surface area contributed by atoms with Gasteiger partial charge < -0.3 is 9.84 Å². The molecule has 0 atom stereocenters. The number of hydrogen-bond acceptors (Lipinski definition) is 4. The minimum Gasteiger partial charge on any atom is -0.506 e. The normalized spacial score (nSPS) is 11.2. The summed E-state index contributed by atoms with van der Waals surface area (Å²) in [5.41, 5.74) is -0.152. The van der Waals surface area contributed by atoms with Crippen LogP contribution in [-0.2, 0) is 10.0 Å². The molecule has 8 heteroatoms. The van der Waals surface area contributed by atoms with E-state index in [9.17, 15) is 17.9 Å². The number of methoxy groups -OCH3 is 1. The highest BCUT2D eigenvalue weighted by Crippen LogP contribution is 2.35. The van der Waals surface area contributed by atoms with E-state index in [-0.39, 0.29) is 22.2 Å². The molecule has 2 N–H and O–H groups in total. The summed E-state index contributed by atoms with van der Waals surface area (Å²) in [5.74, 6) is -0.958. The lowest BCUT2D eigenvalue weighted by molar-refractivity contribution is 0.411. The van der Waals surface area contributed by atoms with Crippen LogP contribution in [0.15, 0.2) is 41.3 Å². The molecule has 0 bridgehead atoms. The van der Waals surface area contributed by atoms with E-state index in [0.29, 0.717) is 0 Å². The van der Waals surface area contributed by atoms with Gasteiger partial charge in [0.2, 0.25) is 0 Å². The summed E-state index contributed by atoms with van der Waals surface area (Å²) in [7, 11) is -2.86. The third-order valence-electron chi connectivity index (χ3n) is 2.64. The molecular weight excluding hydrogens is 321 g/mol. The number of phenols is 1. The number of aromatic hydroxyl groups is 1. The lowest BCUT2D eigenvalue weighted by atomic mass is 10.3. The van der Waals surface area contributed by atoms with Gasteiger partial charge in [0.1, 0.15) is 27.9 Å². The minimum atomic E-state index is -4.18. The maximum atomic E-state index is 13.2. The maximum Gasteiger partial charge on any atom is 0.263 e. The number of ether oxygens (including phenoxy) is 1. The predicted molar refractivity (Wildman–Crippen MR) is 76.9 cm³/mol. The summed E-state index contributed by atoms with van der Waals surface area (Å²) < 4.78 is 44.9. The number of benzene rings is 2. The molecule has 2 aromatic carbocycles. The molecule has 0 amide bonds. The Balaban J connectivity index is 2.50. The Morgan fingerprint density at radius 2 is 2.00 bits per heavy atom. The molecule has 21 heavy (non-hydrogen) atoms. The van der Waals surface area contributed by atoms with Crippen molar-refractivity contribution in [3.8, 4) is 11.5 Å². The zero-order valence-corrected chi connectivity index (χ0v) is 12.4. The van der Waals surface area contributed by atoms with Crippen LogP contribution in [0.3, 0.4) is 0 Å². The first-order chi connectivity index (χ1) is 9.85. The number of phenolic OH excluding ortho intramolecular Hbond substituents is 1. The average molecular weight is 332 g/mol.